The Balaban J connectivity index is 1.22. The van der Waals surface area contributed by atoms with Gasteiger partial charge in [0.2, 0.25) is 5.89 Å². The number of fused-ring (bicyclic) bond motifs is 1. The highest BCUT2D eigenvalue weighted by molar-refractivity contribution is 7.90. The first-order valence-corrected chi connectivity index (χ1v) is 14.7. The Bertz CT molecular complexity index is 1460. The standard InChI is InChI=1S/C25H29N5O4S2/c1-15(2)22-28-24(29-34-22)30-13-11-17(12-14-30)16(3)33-25-27-21-10-9-20(26-23(21)35-25)18-5-7-19(8-6-18)36(4,31)32/h5-10,15-17H,11-14H2,1-4H3. The molecule has 11 heteroatoms. The van der Waals surface area contributed by atoms with Crippen molar-refractivity contribution in [2.75, 3.05) is 24.2 Å². The number of rotatable bonds is 7. The van der Waals surface area contributed by atoms with E-state index >= 15 is 0 Å². The molecule has 1 fully saturated rings. The summed E-state index contributed by atoms with van der Waals surface area (Å²) in [5.74, 6) is 1.96. The lowest BCUT2D eigenvalue weighted by molar-refractivity contribution is 0.132. The highest BCUT2D eigenvalue weighted by Gasteiger charge is 2.28. The third-order valence-corrected chi connectivity index (χ3v) is 8.50. The van der Waals surface area contributed by atoms with Crippen LogP contribution in [0.15, 0.2) is 45.8 Å². The van der Waals surface area contributed by atoms with Gasteiger partial charge >= 0.3 is 0 Å². The molecule has 1 aromatic carbocycles. The number of pyridine rings is 1. The third kappa shape index (κ3) is 5.22. The predicted molar refractivity (Wildman–Crippen MR) is 139 cm³/mol. The van der Waals surface area contributed by atoms with E-state index < -0.39 is 9.84 Å². The van der Waals surface area contributed by atoms with Crippen molar-refractivity contribution in [3.05, 3.63) is 42.3 Å². The monoisotopic (exact) mass is 527 g/mol. The van der Waals surface area contributed by atoms with Gasteiger partial charge in [-0.1, -0.05) is 37.3 Å². The lowest BCUT2D eigenvalue weighted by atomic mass is 9.92. The highest BCUT2D eigenvalue weighted by Crippen LogP contribution is 2.32. The molecule has 1 unspecified atom stereocenters. The highest BCUT2D eigenvalue weighted by atomic mass is 32.2. The van der Waals surface area contributed by atoms with Crippen molar-refractivity contribution in [3.8, 4) is 16.5 Å². The molecule has 5 rings (SSSR count). The Labute approximate surface area is 214 Å². The molecular formula is C25H29N5O4S2. The molecule has 1 atom stereocenters. The van der Waals surface area contributed by atoms with Gasteiger partial charge in [-0.15, -0.1) is 0 Å². The summed E-state index contributed by atoms with van der Waals surface area (Å²) in [6.07, 6.45) is 3.17. The van der Waals surface area contributed by atoms with Gasteiger partial charge < -0.3 is 14.2 Å². The summed E-state index contributed by atoms with van der Waals surface area (Å²) in [5, 5.41) is 4.74. The average molecular weight is 528 g/mol. The van der Waals surface area contributed by atoms with Crippen LogP contribution in [0.25, 0.3) is 21.6 Å². The maximum Gasteiger partial charge on any atom is 0.276 e. The molecule has 1 aliphatic heterocycles. The van der Waals surface area contributed by atoms with Gasteiger partial charge in [0.25, 0.3) is 11.1 Å². The Morgan fingerprint density at radius 1 is 1.03 bits per heavy atom. The van der Waals surface area contributed by atoms with E-state index in [1.165, 1.54) is 17.6 Å². The zero-order valence-electron chi connectivity index (χ0n) is 20.7. The number of sulfone groups is 1. The molecule has 0 bridgehead atoms. The quantitative estimate of drug-likeness (QED) is 0.329. The van der Waals surface area contributed by atoms with Gasteiger partial charge in [0.1, 0.15) is 16.5 Å². The number of anilines is 1. The molecule has 0 N–H and O–H groups in total. The Kier molecular flexibility index (Phi) is 6.69. The number of hydrogen-bond donors (Lipinski definition) is 0. The fourth-order valence-electron chi connectivity index (χ4n) is 4.30. The Morgan fingerprint density at radius 3 is 2.39 bits per heavy atom. The van der Waals surface area contributed by atoms with E-state index in [4.69, 9.17) is 14.2 Å². The third-order valence-electron chi connectivity index (χ3n) is 6.51. The first kappa shape index (κ1) is 24.6. The SMILES string of the molecule is CC(C)c1nc(N2CCC(C(C)Oc3nc4ccc(-c5ccc(S(C)(=O)=O)cc5)nc4s3)CC2)no1. The number of benzene rings is 1. The van der Waals surface area contributed by atoms with Crippen molar-refractivity contribution in [1.82, 2.24) is 20.1 Å². The summed E-state index contributed by atoms with van der Waals surface area (Å²) in [5.41, 5.74) is 2.40. The van der Waals surface area contributed by atoms with E-state index in [1.807, 2.05) is 26.0 Å². The summed E-state index contributed by atoms with van der Waals surface area (Å²) in [6.45, 7) is 7.90. The van der Waals surface area contributed by atoms with Crippen LogP contribution in [0.5, 0.6) is 5.19 Å². The second kappa shape index (κ2) is 9.78. The molecule has 3 aromatic heterocycles. The van der Waals surface area contributed by atoms with Crippen LogP contribution < -0.4 is 9.64 Å². The second-order valence-corrected chi connectivity index (χ2v) is 12.5. The molecule has 190 valence electrons. The van der Waals surface area contributed by atoms with Gasteiger partial charge in [0, 0.05) is 30.8 Å². The topological polar surface area (TPSA) is 111 Å². The summed E-state index contributed by atoms with van der Waals surface area (Å²) in [6, 6.07) is 10.6. The minimum absolute atomic E-state index is 0.0206. The van der Waals surface area contributed by atoms with Crippen LogP contribution in [0.4, 0.5) is 5.95 Å². The fraction of sp³-hybridized carbons (Fsp3) is 0.440. The summed E-state index contributed by atoms with van der Waals surface area (Å²) in [7, 11) is -3.23. The van der Waals surface area contributed by atoms with Gasteiger partial charge in [0.05, 0.1) is 10.6 Å². The molecule has 9 nitrogen and oxygen atoms in total. The van der Waals surface area contributed by atoms with Gasteiger partial charge in [-0.2, -0.15) is 4.98 Å². The van der Waals surface area contributed by atoms with Crippen molar-refractivity contribution in [2.45, 2.75) is 50.5 Å². The number of aromatic nitrogens is 4. The van der Waals surface area contributed by atoms with E-state index in [9.17, 15) is 8.42 Å². The largest absolute Gasteiger partial charge is 0.467 e. The van der Waals surface area contributed by atoms with Gasteiger partial charge in [-0.05, 0) is 55.1 Å². The Morgan fingerprint density at radius 2 is 1.75 bits per heavy atom. The molecule has 0 amide bonds. The maximum absolute atomic E-state index is 11.7. The minimum Gasteiger partial charge on any atom is -0.467 e. The van der Waals surface area contributed by atoms with Crippen LogP contribution in [0.1, 0.15) is 45.4 Å². The van der Waals surface area contributed by atoms with Crippen molar-refractivity contribution in [1.29, 1.82) is 0 Å². The molecular weight excluding hydrogens is 498 g/mol. The molecule has 36 heavy (non-hydrogen) atoms. The van der Waals surface area contributed by atoms with E-state index in [0.717, 1.165) is 47.5 Å². The van der Waals surface area contributed by atoms with Crippen molar-refractivity contribution >= 4 is 37.5 Å². The van der Waals surface area contributed by atoms with Crippen LogP contribution in [0.2, 0.25) is 0 Å². The predicted octanol–water partition coefficient (Wildman–Crippen LogP) is 4.95. The van der Waals surface area contributed by atoms with Crippen LogP contribution in [0.3, 0.4) is 0 Å². The minimum atomic E-state index is -3.23. The molecule has 0 saturated carbocycles. The summed E-state index contributed by atoms with van der Waals surface area (Å²) >= 11 is 1.43. The lowest BCUT2D eigenvalue weighted by Gasteiger charge is -2.33. The molecule has 1 saturated heterocycles. The Hall–Kier alpha value is -3.05. The van der Waals surface area contributed by atoms with E-state index in [1.54, 1.807) is 24.3 Å². The number of hydrogen-bond acceptors (Lipinski definition) is 10. The van der Waals surface area contributed by atoms with Crippen molar-refractivity contribution in [3.63, 3.8) is 0 Å². The maximum atomic E-state index is 11.7. The first-order chi connectivity index (χ1) is 17.2. The normalized spacial score (nSPS) is 16.1. The van der Waals surface area contributed by atoms with Crippen LogP contribution >= 0.6 is 11.3 Å². The van der Waals surface area contributed by atoms with Gasteiger partial charge in [0.15, 0.2) is 9.84 Å². The first-order valence-electron chi connectivity index (χ1n) is 12.0. The van der Waals surface area contributed by atoms with Crippen molar-refractivity contribution in [2.24, 2.45) is 5.92 Å². The van der Waals surface area contributed by atoms with Crippen LogP contribution in [-0.4, -0.2) is 54.0 Å². The fourth-order valence-corrected chi connectivity index (χ4v) is 5.80. The van der Waals surface area contributed by atoms with Crippen LogP contribution in [-0.2, 0) is 9.84 Å². The number of ether oxygens (including phenoxy) is 1. The second-order valence-electron chi connectivity index (χ2n) is 9.53. The summed E-state index contributed by atoms with van der Waals surface area (Å²) < 4.78 is 35.0. The average Bonchev–Trinajstić information content (AvgIpc) is 3.50. The number of thiazole rings is 1. The number of nitrogens with zero attached hydrogens (tertiary/aromatic N) is 5. The molecule has 0 spiro atoms. The molecule has 0 aliphatic carbocycles. The van der Waals surface area contributed by atoms with Gasteiger partial charge in [-0.3, -0.25) is 0 Å². The zero-order valence-corrected chi connectivity index (χ0v) is 22.3. The molecule has 1 aliphatic rings. The van der Waals surface area contributed by atoms with Gasteiger partial charge in [-0.25, -0.2) is 18.4 Å². The molecule has 4 heterocycles. The summed E-state index contributed by atoms with van der Waals surface area (Å²) in [4.78, 5) is 17.1. The smallest absolute Gasteiger partial charge is 0.276 e. The van der Waals surface area contributed by atoms with E-state index in [0.29, 0.717) is 27.8 Å². The lowest BCUT2D eigenvalue weighted by Crippen LogP contribution is -2.39. The molecule has 4 aromatic rings. The van der Waals surface area contributed by atoms with E-state index in [-0.39, 0.29) is 12.0 Å². The van der Waals surface area contributed by atoms with Crippen molar-refractivity contribution < 1.29 is 17.7 Å². The number of piperidine rings is 1. The molecule has 0 radical (unpaired) electrons. The van der Waals surface area contributed by atoms with E-state index in [2.05, 4.69) is 26.9 Å². The van der Waals surface area contributed by atoms with Crippen LogP contribution in [0, 0.1) is 5.92 Å². The zero-order chi connectivity index (χ0) is 25.4.